The van der Waals surface area contributed by atoms with Crippen molar-refractivity contribution in [1.82, 2.24) is 4.31 Å². The van der Waals surface area contributed by atoms with E-state index in [1.54, 1.807) is 12.1 Å². The number of piperidine rings is 1. The summed E-state index contributed by atoms with van der Waals surface area (Å²) in [7, 11) is -3.58. The minimum atomic E-state index is -3.58. The quantitative estimate of drug-likeness (QED) is 0.862. The molecular weight excluding hydrogens is 372 g/mol. The van der Waals surface area contributed by atoms with Crippen LogP contribution in [0.1, 0.15) is 18.4 Å². The largest absolute Gasteiger partial charge is 0.326 e. The number of hydrogen-bond donors (Lipinski definition) is 1. The molecule has 0 radical (unpaired) electrons. The first-order chi connectivity index (χ1) is 12.4. The van der Waals surface area contributed by atoms with E-state index in [2.05, 4.69) is 5.32 Å². The standard InChI is InChI=1S/C19H21ClN2O3S/c1-14-5-2-3-8-18(14)21-19(23)15-9-11-22(12-10-15)26(24,25)17-7-4-6-16(20)13-17/h2-8,13,15H,9-12H2,1H3,(H,21,23). The highest BCUT2D eigenvalue weighted by Crippen LogP contribution is 2.26. The van der Waals surface area contributed by atoms with Gasteiger partial charge in [0, 0.05) is 29.7 Å². The first kappa shape index (κ1) is 18.9. The summed E-state index contributed by atoms with van der Waals surface area (Å²) in [4.78, 5) is 12.7. The molecular formula is C19H21ClN2O3S. The van der Waals surface area contributed by atoms with Crippen LogP contribution in [-0.4, -0.2) is 31.7 Å². The molecule has 0 bridgehead atoms. The van der Waals surface area contributed by atoms with E-state index in [1.165, 1.54) is 16.4 Å². The average Bonchev–Trinajstić information content (AvgIpc) is 2.63. The monoisotopic (exact) mass is 392 g/mol. The zero-order valence-electron chi connectivity index (χ0n) is 14.5. The topological polar surface area (TPSA) is 66.5 Å². The highest BCUT2D eigenvalue weighted by atomic mass is 35.5. The van der Waals surface area contributed by atoms with Crippen molar-refractivity contribution in [3.63, 3.8) is 0 Å². The van der Waals surface area contributed by atoms with Gasteiger partial charge in [-0.15, -0.1) is 0 Å². The van der Waals surface area contributed by atoms with Gasteiger partial charge >= 0.3 is 0 Å². The number of amides is 1. The Morgan fingerprint density at radius 3 is 2.46 bits per heavy atom. The summed E-state index contributed by atoms with van der Waals surface area (Å²) in [6, 6.07) is 13.9. The van der Waals surface area contributed by atoms with Crippen LogP contribution in [0.2, 0.25) is 5.02 Å². The smallest absolute Gasteiger partial charge is 0.243 e. The number of nitrogens with zero attached hydrogens (tertiary/aromatic N) is 1. The molecule has 0 unspecified atom stereocenters. The fourth-order valence-electron chi connectivity index (χ4n) is 3.08. The van der Waals surface area contributed by atoms with Crippen LogP contribution in [0.15, 0.2) is 53.4 Å². The van der Waals surface area contributed by atoms with Crippen molar-refractivity contribution in [2.24, 2.45) is 5.92 Å². The number of carbonyl (C=O) groups excluding carboxylic acids is 1. The second-order valence-electron chi connectivity index (χ2n) is 6.44. The van der Waals surface area contributed by atoms with Crippen LogP contribution in [0.4, 0.5) is 5.69 Å². The highest BCUT2D eigenvalue weighted by molar-refractivity contribution is 7.89. The first-order valence-corrected chi connectivity index (χ1v) is 10.3. The molecule has 7 heteroatoms. The maximum absolute atomic E-state index is 12.7. The third kappa shape index (κ3) is 4.09. The zero-order chi connectivity index (χ0) is 18.7. The third-order valence-electron chi connectivity index (χ3n) is 4.66. The summed E-state index contributed by atoms with van der Waals surface area (Å²) in [6.07, 6.45) is 0.995. The Labute approximate surface area is 159 Å². The van der Waals surface area contributed by atoms with Gasteiger partial charge in [0.2, 0.25) is 15.9 Å². The molecule has 138 valence electrons. The second kappa shape index (κ2) is 7.78. The lowest BCUT2D eigenvalue weighted by molar-refractivity contribution is -0.120. The predicted octanol–water partition coefficient (Wildman–Crippen LogP) is 3.69. The van der Waals surface area contributed by atoms with Crippen molar-refractivity contribution in [2.45, 2.75) is 24.7 Å². The molecule has 1 N–H and O–H groups in total. The predicted molar refractivity (Wildman–Crippen MR) is 103 cm³/mol. The van der Waals surface area contributed by atoms with Gasteiger partial charge in [0.15, 0.2) is 0 Å². The van der Waals surface area contributed by atoms with Gasteiger partial charge in [-0.2, -0.15) is 4.31 Å². The first-order valence-electron chi connectivity index (χ1n) is 8.50. The van der Waals surface area contributed by atoms with Gasteiger partial charge in [-0.05, 0) is 49.6 Å². The van der Waals surface area contributed by atoms with Gasteiger partial charge in [0.25, 0.3) is 0 Å². The Balaban J connectivity index is 1.64. The number of para-hydroxylation sites is 1. The third-order valence-corrected chi connectivity index (χ3v) is 6.79. The van der Waals surface area contributed by atoms with Crippen molar-refractivity contribution in [3.8, 4) is 0 Å². The van der Waals surface area contributed by atoms with E-state index >= 15 is 0 Å². The molecule has 26 heavy (non-hydrogen) atoms. The maximum atomic E-state index is 12.7. The van der Waals surface area contributed by atoms with E-state index in [1.807, 2.05) is 31.2 Å². The van der Waals surface area contributed by atoms with E-state index in [-0.39, 0.29) is 16.7 Å². The van der Waals surface area contributed by atoms with Crippen LogP contribution in [-0.2, 0) is 14.8 Å². The van der Waals surface area contributed by atoms with Gasteiger partial charge < -0.3 is 5.32 Å². The molecule has 1 amide bonds. The highest BCUT2D eigenvalue weighted by Gasteiger charge is 2.32. The molecule has 1 fully saturated rings. The van der Waals surface area contributed by atoms with E-state index in [4.69, 9.17) is 11.6 Å². The number of rotatable bonds is 4. The molecule has 1 aliphatic heterocycles. The molecule has 1 saturated heterocycles. The molecule has 0 aliphatic carbocycles. The molecule has 3 rings (SSSR count). The van der Waals surface area contributed by atoms with Crippen molar-refractivity contribution in [2.75, 3.05) is 18.4 Å². The number of sulfonamides is 1. The number of nitrogens with one attached hydrogen (secondary N) is 1. The Morgan fingerprint density at radius 2 is 1.81 bits per heavy atom. The molecule has 2 aromatic rings. The number of halogens is 1. The normalized spacial score (nSPS) is 16.4. The molecule has 2 aromatic carbocycles. The van der Waals surface area contributed by atoms with Gasteiger partial charge in [-0.1, -0.05) is 35.9 Å². The van der Waals surface area contributed by atoms with Gasteiger partial charge in [-0.3, -0.25) is 4.79 Å². The molecule has 0 aromatic heterocycles. The number of carbonyl (C=O) groups is 1. The number of aryl methyl sites for hydroxylation is 1. The molecule has 1 heterocycles. The van der Waals surface area contributed by atoms with Crippen LogP contribution in [0.5, 0.6) is 0 Å². The van der Waals surface area contributed by atoms with Crippen LogP contribution >= 0.6 is 11.6 Å². The summed E-state index contributed by atoms with van der Waals surface area (Å²) in [5.74, 6) is -0.250. The summed E-state index contributed by atoms with van der Waals surface area (Å²) in [5, 5.41) is 3.34. The Kier molecular flexibility index (Phi) is 5.65. The lowest BCUT2D eigenvalue weighted by atomic mass is 9.97. The minimum Gasteiger partial charge on any atom is -0.326 e. The van der Waals surface area contributed by atoms with E-state index in [0.717, 1.165) is 11.3 Å². The van der Waals surface area contributed by atoms with Crippen LogP contribution in [0.3, 0.4) is 0 Å². The lowest BCUT2D eigenvalue weighted by Crippen LogP contribution is -2.41. The number of anilines is 1. The fourth-order valence-corrected chi connectivity index (χ4v) is 4.85. The average molecular weight is 393 g/mol. The van der Waals surface area contributed by atoms with Crippen molar-refractivity contribution in [3.05, 3.63) is 59.1 Å². The van der Waals surface area contributed by atoms with Gasteiger partial charge in [0.05, 0.1) is 4.90 Å². The fraction of sp³-hybridized carbons (Fsp3) is 0.316. The van der Waals surface area contributed by atoms with Crippen LogP contribution < -0.4 is 5.32 Å². The van der Waals surface area contributed by atoms with E-state index in [0.29, 0.717) is 31.0 Å². The molecule has 0 saturated carbocycles. The second-order valence-corrected chi connectivity index (χ2v) is 8.81. The van der Waals surface area contributed by atoms with Crippen LogP contribution in [0.25, 0.3) is 0 Å². The van der Waals surface area contributed by atoms with Crippen LogP contribution in [0, 0.1) is 12.8 Å². The van der Waals surface area contributed by atoms with Crippen molar-refractivity contribution < 1.29 is 13.2 Å². The molecule has 5 nitrogen and oxygen atoms in total. The Morgan fingerprint density at radius 1 is 1.12 bits per heavy atom. The minimum absolute atomic E-state index is 0.0564. The molecule has 0 atom stereocenters. The summed E-state index contributed by atoms with van der Waals surface area (Å²) in [5.41, 5.74) is 1.80. The van der Waals surface area contributed by atoms with Crippen molar-refractivity contribution in [1.29, 1.82) is 0 Å². The van der Waals surface area contributed by atoms with E-state index < -0.39 is 10.0 Å². The molecule has 1 aliphatic rings. The SMILES string of the molecule is Cc1ccccc1NC(=O)C1CCN(S(=O)(=O)c2cccc(Cl)c2)CC1. The summed E-state index contributed by atoms with van der Waals surface area (Å²) in [6.45, 7) is 2.58. The van der Waals surface area contributed by atoms with Gasteiger partial charge in [0.1, 0.15) is 0 Å². The zero-order valence-corrected chi connectivity index (χ0v) is 16.1. The van der Waals surface area contributed by atoms with Gasteiger partial charge in [-0.25, -0.2) is 8.42 Å². The lowest BCUT2D eigenvalue weighted by Gasteiger charge is -2.30. The number of hydrogen-bond acceptors (Lipinski definition) is 3. The Hall–Kier alpha value is -1.89. The maximum Gasteiger partial charge on any atom is 0.243 e. The molecule has 0 spiro atoms. The number of benzene rings is 2. The van der Waals surface area contributed by atoms with Crippen molar-refractivity contribution >= 4 is 33.2 Å². The summed E-state index contributed by atoms with van der Waals surface area (Å²) >= 11 is 5.91. The Bertz CT molecular complexity index is 907. The summed E-state index contributed by atoms with van der Waals surface area (Å²) < 4.78 is 26.9. The van der Waals surface area contributed by atoms with E-state index in [9.17, 15) is 13.2 Å².